The summed E-state index contributed by atoms with van der Waals surface area (Å²) in [7, 11) is 0. The van der Waals surface area contributed by atoms with E-state index in [0.717, 1.165) is 12.8 Å². The van der Waals surface area contributed by atoms with E-state index in [4.69, 9.17) is 9.47 Å². The molecule has 4 aliphatic rings. The lowest BCUT2D eigenvalue weighted by atomic mass is 9.63. The molecule has 2 saturated carbocycles. The molecule has 0 aromatic heterocycles. The number of hydrogen-bond donors (Lipinski definition) is 1. The highest BCUT2D eigenvalue weighted by molar-refractivity contribution is 5.38. The van der Waals surface area contributed by atoms with Crippen LogP contribution in [0.25, 0.3) is 0 Å². The average molecular weight is 585 g/mol. The highest BCUT2D eigenvalue weighted by atomic mass is 16.6. The zero-order chi connectivity index (χ0) is 31.7. The summed E-state index contributed by atoms with van der Waals surface area (Å²) in [6.45, 7) is 22.0. The van der Waals surface area contributed by atoms with Crippen molar-refractivity contribution in [2.45, 2.75) is 130 Å². The van der Waals surface area contributed by atoms with Crippen LogP contribution in [0.4, 0.5) is 0 Å². The summed E-state index contributed by atoms with van der Waals surface area (Å²) >= 11 is 0. The molecule has 0 amide bonds. The minimum absolute atomic E-state index is 0.00957. The molecule has 4 fully saturated rings. The van der Waals surface area contributed by atoms with Gasteiger partial charge in [-0.2, -0.15) is 0 Å². The van der Waals surface area contributed by atoms with E-state index < -0.39 is 0 Å². The maximum Gasteiger partial charge on any atom is 0.121 e. The largest absolute Gasteiger partial charge is 0.393 e. The molecule has 2 heterocycles. The Kier molecular flexibility index (Phi) is 9.44. The molecule has 0 aromatic rings. The van der Waals surface area contributed by atoms with Crippen LogP contribution in [0.3, 0.4) is 0 Å². The van der Waals surface area contributed by atoms with E-state index in [1.165, 1.54) is 35.1 Å². The average Bonchev–Trinajstić information content (AvgIpc) is 3.74. The van der Waals surface area contributed by atoms with Crippen molar-refractivity contribution in [3.63, 3.8) is 0 Å². The smallest absolute Gasteiger partial charge is 0.121 e. The Hall–Kier alpha value is -2.46. The van der Waals surface area contributed by atoms with E-state index in [9.17, 15) is 5.11 Å². The van der Waals surface area contributed by atoms with Crippen molar-refractivity contribution in [3.05, 3.63) is 107 Å². The molecule has 0 unspecified atom stereocenters. The number of aliphatic hydroxyl groups is 1. The lowest BCUT2D eigenvalue weighted by Crippen LogP contribution is -2.46. The molecular formula is C40H56O3. The number of allylic oxidation sites excluding steroid dienone is 16. The van der Waals surface area contributed by atoms with Gasteiger partial charge in [-0.15, -0.1) is 0 Å². The molecule has 0 aromatic carbocycles. The first kappa shape index (κ1) is 33.4. The van der Waals surface area contributed by atoms with Crippen LogP contribution in [0.2, 0.25) is 0 Å². The Morgan fingerprint density at radius 3 is 1.49 bits per heavy atom. The van der Waals surface area contributed by atoms with Crippen LogP contribution >= 0.6 is 0 Å². The number of rotatable bonds is 10. The molecule has 2 aliphatic heterocycles. The van der Waals surface area contributed by atoms with Crippen molar-refractivity contribution < 1.29 is 14.6 Å². The van der Waals surface area contributed by atoms with Crippen molar-refractivity contribution in [1.29, 1.82) is 0 Å². The van der Waals surface area contributed by atoms with Crippen LogP contribution < -0.4 is 0 Å². The van der Waals surface area contributed by atoms with Gasteiger partial charge in [0.2, 0.25) is 0 Å². The van der Waals surface area contributed by atoms with Gasteiger partial charge in [-0.1, -0.05) is 123 Å². The maximum atomic E-state index is 10.3. The van der Waals surface area contributed by atoms with E-state index in [2.05, 4.69) is 154 Å². The van der Waals surface area contributed by atoms with Crippen LogP contribution in [-0.2, 0) is 9.47 Å². The zero-order valence-electron chi connectivity index (χ0n) is 28.5. The molecule has 234 valence electrons. The molecule has 0 bridgehead atoms. The van der Waals surface area contributed by atoms with E-state index in [1.807, 2.05) is 0 Å². The molecule has 0 spiro atoms. The summed E-state index contributed by atoms with van der Waals surface area (Å²) in [6.07, 6.45) is 34.9. The van der Waals surface area contributed by atoms with Crippen LogP contribution in [0.1, 0.15) is 101 Å². The van der Waals surface area contributed by atoms with Crippen LogP contribution in [0.5, 0.6) is 0 Å². The lowest BCUT2D eigenvalue weighted by Gasteiger charge is -2.39. The second kappa shape index (κ2) is 12.1. The van der Waals surface area contributed by atoms with Crippen molar-refractivity contribution in [3.8, 4) is 0 Å². The fraction of sp³-hybridized carbons (Fsp3) is 0.550. The summed E-state index contributed by atoms with van der Waals surface area (Å²) < 4.78 is 12.6. The van der Waals surface area contributed by atoms with E-state index >= 15 is 0 Å². The summed E-state index contributed by atoms with van der Waals surface area (Å²) in [4.78, 5) is 0. The third-order valence-electron chi connectivity index (χ3n) is 10.5. The van der Waals surface area contributed by atoms with E-state index in [1.54, 1.807) is 0 Å². The normalized spacial score (nSPS) is 38.1. The van der Waals surface area contributed by atoms with Gasteiger partial charge in [0.15, 0.2) is 0 Å². The number of aliphatic hydroxyl groups excluding tert-OH is 1. The fourth-order valence-electron chi connectivity index (χ4n) is 7.82. The van der Waals surface area contributed by atoms with Crippen molar-refractivity contribution in [1.82, 2.24) is 0 Å². The van der Waals surface area contributed by atoms with Crippen molar-refractivity contribution in [2.24, 2.45) is 10.8 Å². The van der Waals surface area contributed by atoms with Crippen LogP contribution in [-0.4, -0.2) is 33.6 Å². The first-order valence-corrected chi connectivity index (χ1v) is 16.2. The number of epoxide rings is 2. The minimum Gasteiger partial charge on any atom is -0.393 e. The quantitative estimate of drug-likeness (QED) is 0.205. The van der Waals surface area contributed by atoms with Crippen molar-refractivity contribution in [2.75, 3.05) is 0 Å². The van der Waals surface area contributed by atoms with Gasteiger partial charge in [0, 0.05) is 17.3 Å². The predicted molar refractivity (Wildman–Crippen MR) is 182 cm³/mol. The second-order valence-corrected chi connectivity index (χ2v) is 15.2. The number of fused-ring (bicyclic) bond motifs is 2. The molecule has 3 heteroatoms. The first-order chi connectivity index (χ1) is 20.0. The molecule has 0 radical (unpaired) electrons. The number of hydrogen-bond acceptors (Lipinski definition) is 3. The monoisotopic (exact) mass is 584 g/mol. The maximum absolute atomic E-state index is 10.3. The van der Waals surface area contributed by atoms with Gasteiger partial charge in [-0.05, 0) is 79.4 Å². The van der Waals surface area contributed by atoms with Crippen molar-refractivity contribution >= 4 is 0 Å². The van der Waals surface area contributed by atoms with Crippen LogP contribution in [0, 0.1) is 10.8 Å². The predicted octanol–water partition coefficient (Wildman–Crippen LogP) is 10.00. The summed E-state index contributed by atoms with van der Waals surface area (Å²) in [5.74, 6) is 0. The third kappa shape index (κ3) is 6.80. The van der Waals surface area contributed by atoms with E-state index in [-0.39, 0.29) is 39.3 Å². The highest BCUT2D eigenvalue weighted by Crippen LogP contribution is 2.67. The minimum atomic E-state index is -0.286. The molecule has 2 aliphatic carbocycles. The standard InChI is InChI=1S/C40H56O3/c1-30(18-13-20-32(3)22-26-39-35(5,6)24-15-25-37(39,9)42-39)16-11-12-17-31(2)19-14-21-33(4)23-27-40-36(7,8)28-34(41)29-38(40,10)43-40/h11-14,16-23,26-27,34,41H,15,24-25,28-29H2,1-10H3/b12-11+,18-13+,19-14+,26-22+,27-23+,30-16+,31-17+,32-20+,33-21+/t34-,37-,38-,39+,40+/m0/s1. The second-order valence-electron chi connectivity index (χ2n) is 15.2. The van der Waals surface area contributed by atoms with Gasteiger partial charge in [0.25, 0.3) is 0 Å². The third-order valence-corrected chi connectivity index (χ3v) is 10.5. The van der Waals surface area contributed by atoms with Gasteiger partial charge < -0.3 is 14.6 Å². The first-order valence-electron chi connectivity index (χ1n) is 16.2. The Morgan fingerprint density at radius 2 is 1.00 bits per heavy atom. The SMILES string of the molecule is CC(/C=C/C=C(C)/C=C/[C@]12O[C@@]1(C)CCCC2(C)C)=C\C=C\C=C(C)\C=C\C=C(C)\C=C\[C@]12O[C@@]1(C)C[C@@H](O)CC2(C)C. The number of ether oxygens (including phenoxy) is 2. The molecule has 5 atom stereocenters. The lowest BCUT2D eigenvalue weighted by molar-refractivity contribution is 0.0515. The summed E-state index contributed by atoms with van der Waals surface area (Å²) in [5, 5.41) is 10.3. The Labute approximate surface area is 262 Å². The van der Waals surface area contributed by atoms with Gasteiger partial charge in [-0.25, -0.2) is 0 Å². The fourth-order valence-corrected chi connectivity index (χ4v) is 7.82. The van der Waals surface area contributed by atoms with Gasteiger partial charge >= 0.3 is 0 Å². The van der Waals surface area contributed by atoms with Gasteiger partial charge in [0.05, 0.1) is 11.7 Å². The topological polar surface area (TPSA) is 45.3 Å². The Bertz CT molecular complexity index is 1340. The van der Waals surface area contributed by atoms with Crippen LogP contribution in [0.15, 0.2) is 107 Å². The zero-order valence-corrected chi connectivity index (χ0v) is 28.5. The molecular weight excluding hydrogens is 528 g/mol. The molecule has 2 saturated heterocycles. The van der Waals surface area contributed by atoms with E-state index in [0.29, 0.717) is 6.42 Å². The summed E-state index contributed by atoms with van der Waals surface area (Å²) in [5.41, 5.74) is 4.24. The Balaban J connectivity index is 1.25. The molecule has 1 N–H and O–H groups in total. The molecule has 4 rings (SSSR count). The van der Waals surface area contributed by atoms with Gasteiger partial charge in [-0.3, -0.25) is 0 Å². The Morgan fingerprint density at radius 1 is 0.558 bits per heavy atom. The van der Waals surface area contributed by atoms with Gasteiger partial charge in [0.1, 0.15) is 16.8 Å². The molecule has 3 nitrogen and oxygen atoms in total. The summed E-state index contributed by atoms with van der Waals surface area (Å²) in [6, 6.07) is 0. The molecule has 43 heavy (non-hydrogen) atoms. The highest BCUT2D eigenvalue weighted by Gasteiger charge is 2.75.